The van der Waals surface area contributed by atoms with Crippen LogP contribution < -0.4 is 10.6 Å². The summed E-state index contributed by atoms with van der Waals surface area (Å²) in [7, 11) is 0. The summed E-state index contributed by atoms with van der Waals surface area (Å²) < 4.78 is 6.77. The number of ether oxygens (including phenoxy) is 1. The van der Waals surface area contributed by atoms with Gasteiger partial charge < -0.3 is 15.4 Å². The zero-order chi connectivity index (χ0) is 22.5. The first-order valence-electron chi connectivity index (χ1n) is 9.41. The predicted octanol–water partition coefficient (Wildman–Crippen LogP) is 3.90. The predicted molar refractivity (Wildman–Crippen MR) is 118 cm³/mol. The van der Waals surface area contributed by atoms with Gasteiger partial charge in [0, 0.05) is 18.3 Å². The van der Waals surface area contributed by atoms with E-state index in [2.05, 4.69) is 15.7 Å². The van der Waals surface area contributed by atoms with Crippen molar-refractivity contribution in [2.75, 3.05) is 17.2 Å². The van der Waals surface area contributed by atoms with Crippen LogP contribution >= 0.6 is 11.6 Å². The van der Waals surface area contributed by atoms with E-state index in [1.54, 1.807) is 53.2 Å². The molecule has 160 valence electrons. The number of benzene rings is 2. The van der Waals surface area contributed by atoms with E-state index >= 15 is 0 Å². The number of carbonyl (C=O) groups excluding carboxylic acids is 3. The lowest BCUT2D eigenvalue weighted by atomic mass is 10.2. The van der Waals surface area contributed by atoms with Crippen LogP contribution in [0, 0.1) is 13.8 Å². The fraction of sp³-hybridized carbons (Fsp3) is 0.182. The van der Waals surface area contributed by atoms with Gasteiger partial charge >= 0.3 is 5.97 Å². The summed E-state index contributed by atoms with van der Waals surface area (Å²) >= 11 is 6.17. The lowest BCUT2D eigenvalue weighted by Crippen LogP contribution is -2.21. The van der Waals surface area contributed by atoms with Crippen LogP contribution in [0.3, 0.4) is 0 Å². The van der Waals surface area contributed by atoms with Gasteiger partial charge in [0.05, 0.1) is 27.7 Å². The van der Waals surface area contributed by atoms with Gasteiger partial charge in [-0.25, -0.2) is 9.48 Å². The molecule has 0 radical (unpaired) electrons. The van der Waals surface area contributed by atoms with Gasteiger partial charge in [0.15, 0.2) is 6.61 Å². The van der Waals surface area contributed by atoms with Crippen LogP contribution in [0.4, 0.5) is 11.4 Å². The molecule has 0 spiro atoms. The SMILES string of the molecule is CC(=O)Nc1ccc(NC(=O)COC(=O)c2ccc(-n3nc(C)c(Cl)c3C)cc2)cc1. The van der Waals surface area contributed by atoms with Gasteiger partial charge in [0.25, 0.3) is 5.91 Å². The van der Waals surface area contributed by atoms with Crippen molar-refractivity contribution in [1.82, 2.24) is 9.78 Å². The molecule has 0 unspecified atom stereocenters. The average Bonchev–Trinajstić information content (AvgIpc) is 3.00. The van der Waals surface area contributed by atoms with E-state index in [-0.39, 0.29) is 5.91 Å². The molecule has 0 fully saturated rings. The highest BCUT2D eigenvalue weighted by molar-refractivity contribution is 6.31. The summed E-state index contributed by atoms with van der Waals surface area (Å²) in [6.07, 6.45) is 0. The number of carbonyl (C=O) groups is 3. The average molecular weight is 441 g/mol. The molecule has 0 atom stereocenters. The standard InChI is InChI=1S/C22H21ClN4O4/c1-13-21(23)14(2)27(26-13)19-10-4-16(5-11-19)22(30)31-12-20(29)25-18-8-6-17(7-9-18)24-15(3)28/h4-11H,12H2,1-3H3,(H,24,28)(H,25,29). The van der Waals surface area contributed by atoms with Crippen LogP contribution in [0.15, 0.2) is 48.5 Å². The van der Waals surface area contributed by atoms with Gasteiger partial charge in [-0.3, -0.25) is 9.59 Å². The molecule has 2 amide bonds. The Hall–Kier alpha value is -3.65. The number of halogens is 1. The molecule has 0 aliphatic carbocycles. The van der Waals surface area contributed by atoms with Crippen molar-refractivity contribution in [3.8, 4) is 5.69 Å². The molecule has 0 aliphatic heterocycles. The van der Waals surface area contributed by atoms with Crippen molar-refractivity contribution in [2.24, 2.45) is 0 Å². The Morgan fingerprint density at radius 3 is 2.06 bits per heavy atom. The van der Waals surface area contributed by atoms with E-state index in [1.165, 1.54) is 6.92 Å². The lowest BCUT2D eigenvalue weighted by Gasteiger charge is -2.09. The first-order valence-corrected chi connectivity index (χ1v) is 9.79. The number of amides is 2. The Balaban J connectivity index is 1.54. The number of hydrogen-bond donors (Lipinski definition) is 2. The number of rotatable bonds is 6. The first-order chi connectivity index (χ1) is 14.7. The van der Waals surface area contributed by atoms with Gasteiger partial charge in [0.1, 0.15) is 0 Å². The zero-order valence-corrected chi connectivity index (χ0v) is 18.0. The van der Waals surface area contributed by atoms with Crippen LogP contribution in [-0.4, -0.2) is 34.2 Å². The fourth-order valence-corrected chi connectivity index (χ4v) is 2.98. The molecule has 1 aromatic heterocycles. The molecular weight excluding hydrogens is 420 g/mol. The molecule has 9 heteroatoms. The zero-order valence-electron chi connectivity index (χ0n) is 17.2. The smallest absolute Gasteiger partial charge is 0.338 e. The number of aromatic nitrogens is 2. The number of hydrogen-bond acceptors (Lipinski definition) is 5. The molecule has 0 saturated carbocycles. The van der Waals surface area contributed by atoms with E-state index in [0.29, 0.717) is 22.0 Å². The second-order valence-electron chi connectivity index (χ2n) is 6.83. The third kappa shape index (κ3) is 5.49. The van der Waals surface area contributed by atoms with Gasteiger partial charge in [-0.15, -0.1) is 0 Å². The second kappa shape index (κ2) is 9.44. The van der Waals surface area contributed by atoms with E-state index in [4.69, 9.17) is 16.3 Å². The van der Waals surface area contributed by atoms with Crippen molar-refractivity contribution in [1.29, 1.82) is 0 Å². The van der Waals surface area contributed by atoms with Crippen LogP contribution in [0.25, 0.3) is 5.69 Å². The Morgan fingerprint density at radius 1 is 0.968 bits per heavy atom. The summed E-state index contributed by atoms with van der Waals surface area (Å²) in [5, 5.41) is 10.2. The van der Waals surface area contributed by atoms with E-state index in [0.717, 1.165) is 17.1 Å². The third-order valence-corrected chi connectivity index (χ3v) is 4.92. The van der Waals surface area contributed by atoms with E-state index in [9.17, 15) is 14.4 Å². The van der Waals surface area contributed by atoms with E-state index in [1.807, 2.05) is 13.8 Å². The number of nitrogens with zero attached hydrogens (tertiary/aromatic N) is 2. The molecule has 0 saturated heterocycles. The number of anilines is 2. The largest absolute Gasteiger partial charge is 0.452 e. The monoisotopic (exact) mass is 440 g/mol. The number of nitrogens with one attached hydrogen (secondary N) is 2. The van der Waals surface area contributed by atoms with Gasteiger partial charge in [-0.05, 0) is 62.4 Å². The fourth-order valence-electron chi connectivity index (χ4n) is 2.87. The Kier molecular flexibility index (Phi) is 6.71. The van der Waals surface area contributed by atoms with Gasteiger partial charge in [-0.2, -0.15) is 5.10 Å². The quantitative estimate of drug-likeness (QED) is 0.566. The van der Waals surface area contributed by atoms with Crippen LogP contribution in [0.5, 0.6) is 0 Å². The molecule has 0 aliphatic rings. The maximum absolute atomic E-state index is 12.2. The molecular formula is C22H21ClN4O4. The summed E-state index contributed by atoms with van der Waals surface area (Å²) in [5.41, 5.74) is 3.72. The molecule has 1 heterocycles. The number of aryl methyl sites for hydroxylation is 1. The van der Waals surface area contributed by atoms with E-state index < -0.39 is 18.5 Å². The molecule has 3 rings (SSSR count). The molecule has 2 N–H and O–H groups in total. The molecule has 3 aromatic rings. The van der Waals surface area contributed by atoms with Crippen LogP contribution in [-0.2, 0) is 14.3 Å². The highest BCUT2D eigenvalue weighted by atomic mass is 35.5. The Bertz CT molecular complexity index is 1120. The topological polar surface area (TPSA) is 102 Å². The molecule has 8 nitrogen and oxygen atoms in total. The van der Waals surface area contributed by atoms with Crippen molar-refractivity contribution in [3.63, 3.8) is 0 Å². The number of esters is 1. The second-order valence-corrected chi connectivity index (χ2v) is 7.20. The van der Waals surface area contributed by atoms with Crippen LogP contribution in [0.1, 0.15) is 28.7 Å². The van der Waals surface area contributed by atoms with Crippen molar-refractivity contribution < 1.29 is 19.1 Å². The normalized spacial score (nSPS) is 10.5. The molecule has 0 bridgehead atoms. The highest BCUT2D eigenvalue weighted by Gasteiger charge is 2.13. The van der Waals surface area contributed by atoms with Crippen molar-refractivity contribution in [2.45, 2.75) is 20.8 Å². The summed E-state index contributed by atoms with van der Waals surface area (Å²) in [6, 6.07) is 13.2. The van der Waals surface area contributed by atoms with Gasteiger partial charge in [0.2, 0.25) is 5.91 Å². The van der Waals surface area contributed by atoms with Gasteiger partial charge in [-0.1, -0.05) is 11.6 Å². The minimum absolute atomic E-state index is 0.185. The lowest BCUT2D eigenvalue weighted by molar-refractivity contribution is -0.119. The first kappa shape index (κ1) is 22.0. The maximum atomic E-state index is 12.2. The minimum Gasteiger partial charge on any atom is -0.452 e. The Morgan fingerprint density at radius 2 is 1.55 bits per heavy atom. The highest BCUT2D eigenvalue weighted by Crippen LogP contribution is 2.22. The van der Waals surface area contributed by atoms with Crippen molar-refractivity contribution in [3.05, 3.63) is 70.5 Å². The third-order valence-electron chi connectivity index (χ3n) is 4.37. The van der Waals surface area contributed by atoms with Crippen molar-refractivity contribution >= 4 is 40.8 Å². The maximum Gasteiger partial charge on any atom is 0.338 e. The van der Waals surface area contributed by atoms with Crippen LogP contribution in [0.2, 0.25) is 5.02 Å². The Labute approximate surface area is 184 Å². The summed E-state index contributed by atoms with van der Waals surface area (Å²) in [5.74, 6) is -1.28. The molecule has 31 heavy (non-hydrogen) atoms. The minimum atomic E-state index is -0.617. The summed E-state index contributed by atoms with van der Waals surface area (Å²) in [6.45, 7) is 4.66. The summed E-state index contributed by atoms with van der Waals surface area (Å²) in [4.78, 5) is 35.3. The molecule has 2 aromatic carbocycles.